The van der Waals surface area contributed by atoms with E-state index in [1.54, 1.807) is 0 Å². The van der Waals surface area contributed by atoms with Gasteiger partial charge in [0.25, 0.3) is 0 Å². The van der Waals surface area contributed by atoms with E-state index in [9.17, 15) is 0 Å². The number of nitrogens with zero attached hydrogens (tertiary/aromatic N) is 4. The fraction of sp³-hybridized carbons (Fsp3) is 0.250. The van der Waals surface area contributed by atoms with E-state index in [-0.39, 0.29) is 21.7 Å². The first-order valence-electron chi connectivity index (χ1n) is 29.6. The van der Waals surface area contributed by atoms with Gasteiger partial charge in [-0.25, -0.2) is 4.98 Å². The Morgan fingerprint density at radius 2 is 1.06 bits per heavy atom. The summed E-state index contributed by atoms with van der Waals surface area (Å²) >= 11 is 0. The third kappa shape index (κ3) is 8.10. The van der Waals surface area contributed by atoms with Gasteiger partial charge in [0, 0.05) is 40.5 Å². The van der Waals surface area contributed by atoms with Crippen LogP contribution in [0.25, 0.3) is 56.2 Å². The maximum absolute atomic E-state index is 7.40. The Labute approximate surface area is 486 Å². The molecule has 0 radical (unpaired) electrons. The molecular formula is C76H74N4OSi. The number of pyridine rings is 1. The van der Waals surface area contributed by atoms with Gasteiger partial charge in [-0.2, -0.15) is 0 Å². The molecular weight excluding hydrogens is 1010 g/mol. The van der Waals surface area contributed by atoms with Crippen LogP contribution < -0.4 is 30.1 Å². The Morgan fingerprint density at radius 1 is 0.476 bits per heavy atom. The lowest BCUT2D eigenvalue weighted by Gasteiger charge is -2.35. The molecule has 6 heteroatoms. The summed E-state index contributed by atoms with van der Waals surface area (Å²) in [5.74, 6) is 2.58. The summed E-state index contributed by atoms with van der Waals surface area (Å²) in [4.78, 5) is 10.2. The van der Waals surface area contributed by atoms with Crippen molar-refractivity contribution in [3.8, 4) is 50.7 Å². The van der Waals surface area contributed by atoms with E-state index in [1.165, 1.54) is 99.2 Å². The molecule has 0 saturated heterocycles. The minimum absolute atomic E-state index is 0.0424. The number of aromatic nitrogens is 2. The SMILES string of the molecule is CC(C)(C)c1cc(-c2cc(C(C)(C)C)cc(-c3ccccc3)c2N2CN(c3cccc(Oc4cc5c6c7c(n(-c8cc(C(C)(C)C)ccn8)c6c4)C=CCC7[Si]54c5ccccc5-c5ccccc54)c3)c3ccccc32)cc(C(C)(C)C)c1. The minimum atomic E-state index is -2.67. The van der Waals surface area contributed by atoms with E-state index in [0.717, 1.165) is 40.6 Å². The zero-order valence-corrected chi connectivity index (χ0v) is 50.7. The molecule has 5 nitrogen and oxygen atoms in total. The van der Waals surface area contributed by atoms with Gasteiger partial charge >= 0.3 is 0 Å². The van der Waals surface area contributed by atoms with Crippen LogP contribution in [0.15, 0.2) is 194 Å². The average Bonchev–Trinajstić information content (AvgIpc) is 1.59. The zero-order valence-electron chi connectivity index (χ0n) is 49.7. The summed E-state index contributed by atoms with van der Waals surface area (Å²) in [6.45, 7) is 28.5. The lowest BCUT2D eigenvalue weighted by molar-refractivity contribution is 0.483. The second-order valence-corrected chi connectivity index (χ2v) is 31.6. The summed E-state index contributed by atoms with van der Waals surface area (Å²) in [7, 11) is -2.67. The van der Waals surface area contributed by atoms with Crippen molar-refractivity contribution in [1.29, 1.82) is 0 Å². The van der Waals surface area contributed by atoms with Crippen LogP contribution in [0, 0.1) is 0 Å². The average molecular weight is 1090 g/mol. The molecule has 0 N–H and O–H groups in total. The van der Waals surface area contributed by atoms with Crippen molar-refractivity contribution in [2.24, 2.45) is 0 Å². The van der Waals surface area contributed by atoms with Gasteiger partial charge in [-0.15, -0.1) is 0 Å². The first kappa shape index (κ1) is 51.9. The Morgan fingerprint density at radius 3 is 1.71 bits per heavy atom. The number of rotatable bonds is 7. The maximum atomic E-state index is 7.40. The second-order valence-electron chi connectivity index (χ2n) is 27.7. The maximum Gasteiger partial charge on any atom is 0.158 e. The van der Waals surface area contributed by atoms with Gasteiger partial charge in [0.2, 0.25) is 0 Å². The first-order valence-corrected chi connectivity index (χ1v) is 31.6. The summed E-state index contributed by atoms with van der Waals surface area (Å²) in [5, 5.41) is 5.85. The van der Waals surface area contributed by atoms with Gasteiger partial charge in [0.1, 0.15) is 24.0 Å². The number of para-hydroxylation sites is 2. The molecule has 1 atom stereocenters. The van der Waals surface area contributed by atoms with Gasteiger partial charge in [-0.05, 0) is 160 Å². The molecule has 408 valence electrons. The molecule has 3 aliphatic heterocycles. The molecule has 1 unspecified atom stereocenters. The molecule has 4 aliphatic rings. The molecule has 0 amide bonds. The van der Waals surface area contributed by atoms with Crippen molar-refractivity contribution in [1.82, 2.24) is 9.55 Å². The molecule has 0 saturated carbocycles. The third-order valence-electron chi connectivity index (χ3n) is 18.3. The number of allylic oxidation sites excluding steroid dienone is 1. The highest BCUT2D eigenvalue weighted by Crippen LogP contribution is 2.55. The van der Waals surface area contributed by atoms with Gasteiger partial charge in [0.05, 0.1) is 28.3 Å². The third-order valence-corrected chi connectivity index (χ3v) is 23.7. The van der Waals surface area contributed by atoms with Crippen LogP contribution in [0.1, 0.15) is 129 Å². The number of hydrogen-bond donors (Lipinski definition) is 0. The van der Waals surface area contributed by atoms with Crippen molar-refractivity contribution < 1.29 is 4.74 Å². The summed E-state index contributed by atoms with van der Waals surface area (Å²) in [6.07, 6.45) is 7.80. The van der Waals surface area contributed by atoms with Crippen molar-refractivity contribution >= 4 is 63.4 Å². The lowest BCUT2D eigenvalue weighted by Crippen LogP contribution is -2.66. The van der Waals surface area contributed by atoms with Crippen molar-refractivity contribution in [2.75, 3.05) is 16.5 Å². The Kier molecular flexibility index (Phi) is 11.7. The van der Waals surface area contributed by atoms with Crippen LogP contribution in [0.3, 0.4) is 0 Å². The molecule has 10 aromatic rings. The van der Waals surface area contributed by atoms with Gasteiger partial charge in [0.15, 0.2) is 8.07 Å². The fourth-order valence-corrected chi connectivity index (χ4v) is 20.3. The molecule has 0 bridgehead atoms. The molecule has 82 heavy (non-hydrogen) atoms. The molecule has 1 aliphatic carbocycles. The number of ether oxygens (including phenoxy) is 1. The monoisotopic (exact) mass is 1090 g/mol. The molecule has 0 fully saturated rings. The second kappa shape index (κ2) is 18.4. The number of anilines is 4. The summed E-state index contributed by atoms with van der Waals surface area (Å²) in [5.41, 5.74) is 21.5. The van der Waals surface area contributed by atoms with Crippen molar-refractivity contribution in [3.63, 3.8) is 0 Å². The zero-order chi connectivity index (χ0) is 56.8. The number of benzene rings is 8. The summed E-state index contributed by atoms with van der Waals surface area (Å²) < 4.78 is 9.84. The molecule has 2 aromatic heterocycles. The normalized spacial score (nSPS) is 15.8. The number of fused-ring (bicyclic) bond motifs is 8. The van der Waals surface area contributed by atoms with E-state index < -0.39 is 8.07 Å². The largest absolute Gasteiger partial charge is 0.457 e. The van der Waals surface area contributed by atoms with E-state index in [1.807, 2.05) is 6.20 Å². The van der Waals surface area contributed by atoms with Gasteiger partial charge in [-0.1, -0.05) is 204 Å². The lowest BCUT2D eigenvalue weighted by atomic mass is 9.77. The fourth-order valence-electron chi connectivity index (χ4n) is 14.1. The highest BCUT2D eigenvalue weighted by molar-refractivity contribution is 7.17. The standard InChI is InChI=1S/C76H74N4OSi/c1-73(2,3)50-36-37-77-69(43-50)80-63-32-23-35-67-70(63)71-64(80)45-56(46-68(71)82(67)65-33-20-16-28-57(65)58-29-17-21-34-66(58)82)81-55-27-22-26-54(44-55)78-47-79(62-31-19-18-30-61(62)78)72-59(48-24-14-13-15-25-48)41-53(76(10,11)12)42-60(72)49-38-51(74(4,5)6)40-52(39-49)75(7,8)9/h13-34,36-46,67H,35,47H2,1-12H3. The smallest absolute Gasteiger partial charge is 0.158 e. The van der Waals surface area contributed by atoms with Crippen LogP contribution in [-0.4, -0.2) is 24.3 Å². The molecule has 5 heterocycles. The first-order chi connectivity index (χ1) is 39.2. The van der Waals surface area contributed by atoms with E-state index in [4.69, 9.17) is 9.72 Å². The van der Waals surface area contributed by atoms with E-state index in [0.29, 0.717) is 12.2 Å². The van der Waals surface area contributed by atoms with Crippen molar-refractivity contribution in [3.05, 3.63) is 228 Å². The van der Waals surface area contributed by atoms with E-state index in [2.05, 4.69) is 292 Å². The van der Waals surface area contributed by atoms with Crippen LogP contribution >= 0.6 is 0 Å². The van der Waals surface area contributed by atoms with Crippen molar-refractivity contribution in [2.45, 2.75) is 117 Å². The quantitative estimate of drug-likeness (QED) is 0.149. The predicted octanol–water partition coefficient (Wildman–Crippen LogP) is 18.1. The topological polar surface area (TPSA) is 33.5 Å². The highest BCUT2D eigenvalue weighted by Gasteiger charge is 2.59. The molecule has 14 rings (SSSR count). The van der Waals surface area contributed by atoms with Crippen LogP contribution in [0.5, 0.6) is 11.5 Å². The Bertz CT molecular complexity index is 4190. The van der Waals surface area contributed by atoms with Crippen LogP contribution in [0.4, 0.5) is 22.7 Å². The minimum Gasteiger partial charge on any atom is -0.457 e. The van der Waals surface area contributed by atoms with Gasteiger partial charge in [-0.3, -0.25) is 4.57 Å². The van der Waals surface area contributed by atoms with Crippen LogP contribution in [-0.2, 0) is 21.7 Å². The van der Waals surface area contributed by atoms with E-state index >= 15 is 0 Å². The van der Waals surface area contributed by atoms with Gasteiger partial charge < -0.3 is 14.5 Å². The number of hydrogen-bond acceptors (Lipinski definition) is 4. The predicted molar refractivity (Wildman–Crippen MR) is 348 cm³/mol. The Balaban J connectivity index is 0.930. The Hall–Kier alpha value is -8.19. The van der Waals surface area contributed by atoms with Crippen LogP contribution in [0.2, 0.25) is 0 Å². The molecule has 1 spiro atoms. The summed E-state index contributed by atoms with van der Waals surface area (Å²) in [6, 6.07) is 68.9. The molecule has 8 aromatic carbocycles. The highest BCUT2D eigenvalue weighted by atomic mass is 28.3.